The van der Waals surface area contributed by atoms with Gasteiger partial charge in [-0.2, -0.15) is 4.98 Å². The van der Waals surface area contributed by atoms with Crippen molar-refractivity contribution in [3.63, 3.8) is 0 Å². The minimum absolute atomic E-state index is 0.381. The summed E-state index contributed by atoms with van der Waals surface area (Å²) in [5.41, 5.74) is 1.76. The van der Waals surface area contributed by atoms with Gasteiger partial charge in [0.1, 0.15) is 5.82 Å². The Kier molecular flexibility index (Phi) is 4.88. The lowest BCUT2D eigenvalue weighted by Gasteiger charge is -2.12. The number of nitrogens with one attached hydrogen (secondary N) is 1. The van der Waals surface area contributed by atoms with Crippen LogP contribution in [-0.4, -0.2) is 21.6 Å². The molecule has 22 heavy (non-hydrogen) atoms. The largest absolute Gasteiger partial charge is 0.372 e. The van der Waals surface area contributed by atoms with Crippen molar-refractivity contribution in [1.29, 1.82) is 0 Å². The molecule has 1 N–H and O–H groups in total. The van der Waals surface area contributed by atoms with Gasteiger partial charge in [0.2, 0.25) is 0 Å². The van der Waals surface area contributed by atoms with Crippen molar-refractivity contribution in [3.8, 4) is 0 Å². The lowest BCUT2D eigenvalue weighted by Crippen LogP contribution is -2.24. The van der Waals surface area contributed by atoms with Crippen LogP contribution < -0.4 is 11.0 Å². The Morgan fingerprint density at radius 3 is 2.77 bits per heavy atom. The standard InChI is InChI=1S/C17H20N4O/c1-5-8-9-13(7-3)21-16-14(11-10-12(6-2)19-16)15(18-4)20-17(21)22/h5,7-11H,3,6H2,1-2,4H3,(H,18,20,22)/b8-5-,13-9+. The maximum atomic E-state index is 12.4. The van der Waals surface area contributed by atoms with Gasteiger partial charge < -0.3 is 5.32 Å². The van der Waals surface area contributed by atoms with E-state index in [1.807, 2.05) is 44.2 Å². The average molecular weight is 296 g/mol. The predicted octanol–water partition coefficient (Wildman–Crippen LogP) is 3.00. The maximum absolute atomic E-state index is 12.4. The first-order valence-corrected chi connectivity index (χ1v) is 7.22. The summed E-state index contributed by atoms with van der Waals surface area (Å²) in [6, 6.07) is 3.88. The first-order chi connectivity index (χ1) is 10.7. The molecule has 2 heterocycles. The van der Waals surface area contributed by atoms with Crippen molar-refractivity contribution < 1.29 is 0 Å². The highest BCUT2D eigenvalue weighted by Gasteiger charge is 2.13. The number of fused-ring (bicyclic) bond motifs is 1. The van der Waals surface area contributed by atoms with Gasteiger partial charge in [0, 0.05) is 12.7 Å². The predicted molar refractivity (Wildman–Crippen MR) is 92.0 cm³/mol. The lowest BCUT2D eigenvalue weighted by atomic mass is 10.2. The second-order valence-electron chi connectivity index (χ2n) is 4.68. The Morgan fingerprint density at radius 2 is 2.18 bits per heavy atom. The minimum atomic E-state index is -0.381. The number of allylic oxidation sites excluding steroid dienone is 5. The van der Waals surface area contributed by atoms with Gasteiger partial charge in [-0.3, -0.25) is 0 Å². The van der Waals surface area contributed by atoms with Gasteiger partial charge >= 0.3 is 5.69 Å². The Bertz CT molecular complexity index is 815. The molecule has 0 spiro atoms. The van der Waals surface area contributed by atoms with Gasteiger partial charge in [0.15, 0.2) is 5.65 Å². The molecule has 0 unspecified atom stereocenters. The Morgan fingerprint density at radius 1 is 1.41 bits per heavy atom. The highest BCUT2D eigenvalue weighted by atomic mass is 16.1. The van der Waals surface area contributed by atoms with Gasteiger partial charge in [-0.1, -0.05) is 25.7 Å². The van der Waals surface area contributed by atoms with Crippen molar-refractivity contribution in [1.82, 2.24) is 14.5 Å². The molecule has 5 nitrogen and oxygen atoms in total. The second-order valence-corrected chi connectivity index (χ2v) is 4.68. The zero-order valence-electron chi connectivity index (χ0n) is 13.1. The first kappa shape index (κ1) is 15.7. The van der Waals surface area contributed by atoms with Crippen LogP contribution in [0.4, 0.5) is 5.82 Å². The van der Waals surface area contributed by atoms with Crippen LogP contribution >= 0.6 is 0 Å². The third kappa shape index (κ3) is 2.83. The molecular weight excluding hydrogens is 276 g/mol. The van der Waals surface area contributed by atoms with E-state index in [1.165, 1.54) is 4.57 Å². The summed E-state index contributed by atoms with van der Waals surface area (Å²) in [7, 11) is 1.74. The van der Waals surface area contributed by atoms with Crippen LogP contribution in [0.2, 0.25) is 0 Å². The number of aryl methyl sites for hydroxylation is 1. The van der Waals surface area contributed by atoms with E-state index in [0.717, 1.165) is 17.5 Å². The third-order valence-corrected chi connectivity index (χ3v) is 3.32. The minimum Gasteiger partial charge on any atom is -0.372 e. The summed E-state index contributed by atoms with van der Waals surface area (Å²) in [4.78, 5) is 21.1. The van der Waals surface area contributed by atoms with E-state index in [4.69, 9.17) is 0 Å². The summed E-state index contributed by atoms with van der Waals surface area (Å²) in [5, 5.41) is 3.75. The zero-order chi connectivity index (χ0) is 16.1. The summed E-state index contributed by atoms with van der Waals surface area (Å²) in [5.74, 6) is 0.529. The molecule has 0 aliphatic rings. The summed E-state index contributed by atoms with van der Waals surface area (Å²) < 4.78 is 1.49. The topological polar surface area (TPSA) is 59.8 Å². The van der Waals surface area contributed by atoms with E-state index in [0.29, 0.717) is 17.2 Å². The van der Waals surface area contributed by atoms with Crippen LogP contribution in [-0.2, 0) is 6.42 Å². The van der Waals surface area contributed by atoms with Gasteiger partial charge in [0.25, 0.3) is 0 Å². The highest BCUT2D eigenvalue weighted by molar-refractivity contribution is 5.89. The monoisotopic (exact) mass is 296 g/mol. The average Bonchev–Trinajstić information content (AvgIpc) is 2.55. The number of hydrogen-bond donors (Lipinski definition) is 1. The normalized spacial score (nSPS) is 12.0. The zero-order valence-corrected chi connectivity index (χ0v) is 13.1. The molecule has 0 aliphatic carbocycles. The first-order valence-electron chi connectivity index (χ1n) is 7.22. The Labute approximate surface area is 129 Å². The molecule has 0 saturated heterocycles. The third-order valence-electron chi connectivity index (χ3n) is 3.32. The number of nitrogens with zero attached hydrogens (tertiary/aromatic N) is 3. The second kappa shape index (κ2) is 6.85. The van der Waals surface area contributed by atoms with Gasteiger partial charge in [-0.15, -0.1) is 0 Å². The van der Waals surface area contributed by atoms with Crippen LogP contribution in [0.5, 0.6) is 0 Å². The molecule has 0 aromatic carbocycles. The lowest BCUT2D eigenvalue weighted by molar-refractivity contribution is 0.948. The van der Waals surface area contributed by atoms with Crippen molar-refractivity contribution in [3.05, 3.63) is 59.2 Å². The van der Waals surface area contributed by atoms with E-state index in [-0.39, 0.29) is 5.69 Å². The maximum Gasteiger partial charge on any atom is 0.355 e. The quantitative estimate of drug-likeness (QED) is 0.862. The molecule has 0 atom stereocenters. The van der Waals surface area contributed by atoms with E-state index in [2.05, 4.69) is 21.9 Å². The number of aromatic nitrogens is 3. The summed E-state index contributed by atoms with van der Waals surface area (Å²) in [6.45, 7) is 7.73. The van der Waals surface area contributed by atoms with Crippen LogP contribution in [0, 0.1) is 0 Å². The molecule has 114 valence electrons. The van der Waals surface area contributed by atoms with Crippen LogP contribution in [0.3, 0.4) is 0 Å². The molecule has 2 rings (SSSR count). The summed E-state index contributed by atoms with van der Waals surface area (Å²) >= 11 is 0. The molecular formula is C17H20N4O. The van der Waals surface area contributed by atoms with E-state index >= 15 is 0 Å². The van der Waals surface area contributed by atoms with Crippen molar-refractivity contribution in [2.75, 3.05) is 12.4 Å². The van der Waals surface area contributed by atoms with Crippen molar-refractivity contribution >= 4 is 22.5 Å². The molecule has 0 fully saturated rings. The van der Waals surface area contributed by atoms with Gasteiger partial charge in [-0.05, 0) is 37.6 Å². The number of rotatable bonds is 5. The Balaban J connectivity index is 2.90. The van der Waals surface area contributed by atoms with Gasteiger partial charge in [0.05, 0.1) is 11.1 Å². The van der Waals surface area contributed by atoms with Crippen LogP contribution in [0.15, 0.2) is 47.8 Å². The molecule has 5 heteroatoms. The molecule has 0 saturated carbocycles. The summed E-state index contributed by atoms with van der Waals surface area (Å²) in [6.07, 6.45) is 7.97. The molecule has 0 bridgehead atoms. The number of hydrogen-bond acceptors (Lipinski definition) is 4. The smallest absolute Gasteiger partial charge is 0.355 e. The SMILES string of the molecule is C=C/C(=C\C=C/C)n1c(=O)nc(NC)c2ccc(CC)nc21. The Hall–Kier alpha value is -2.69. The molecule has 2 aromatic rings. The van der Waals surface area contributed by atoms with E-state index in [1.54, 1.807) is 13.1 Å². The molecule has 0 aliphatic heterocycles. The highest BCUT2D eigenvalue weighted by Crippen LogP contribution is 2.21. The molecule has 0 radical (unpaired) electrons. The van der Waals surface area contributed by atoms with Crippen LogP contribution in [0.1, 0.15) is 19.5 Å². The fourth-order valence-electron chi connectivity index (χ4n) is 2.19. The number of anilines is 1. The van der Waals surface area contributed by atoms with Gasteiger partial charge in [-0.25, -0.2) is 14.3 Å². The number of pyridine rings is 1. The molecule has 2 aromatic heterocycles. The fourth-order valence-corrected chi connectivity index (χ4v) is 2.19. The molecule has 0 amide bonds. The fraction of sp³-hybridized carbons (Fsp3) is 0.235. The van der Waals surface area contributed by atoms with Crippen molar-refractivity contribution in [2.24, 2.45) is 0 Å². The van der Waals surface area contributed by atoms with Crippen molar-refractivity contribution in [2.45, 2.75) is 20.3 Å². The van der Waals surface area contributed by atoms with E-state index < -0.39 is 0 Å². The van der Waals surface area contributed by atoms with Crippen LogP contribution in [0.25, 0.3) is 16.7 Å². The van der Waals surface area contributed by atoms with E-state index in [9.17, 15) is 4.79 Å².